The van der Waals surface area contributed by atoms with Crippen LogP contribution >= 0.6 is 0 Å². The van der Waals surface area contributed by atoms with Crippen molar-refractivity contribution < 1.29 is 4.79 Å². The summed E-state index contributed by atoms with van der Waals surface area (Å²) in [6.45, 7) is 13.9. The zero-order chi connectivity index (χ0) is 17.9. The second-order valence-electron chi connectivity index (χ2n) is 7.22. The van der Waals surface area contributed by atoms with Gasteiger partial charge in [0, 0.05) is 18.8 Å². The Balaban J connectivity index is 2.20. The van der Waals surface area contributed by atoms with Crippen molar-refractivity contribution in [2.75, 3.05) is 18.4 Å². The molecule has 0 unspecified atom stereocenters. The Morgan fingerprint density at radius 2 is 1.54 bits per heavy atom. The Hall–Kier alpha value is -2.17. The maximum absolute atomic E-state index is 12.6. The van der Waals surface area contributed by atoms with E-state index in [9.17, 15) is 4.79 Å². The first kappa shape index (κ1) is 18.2. The normalized spacial score (nSPS) is 11.3. The molecule has 1 heterocycles. The number of aryl methyl sites for hydroxylation is 2. The van der Waals surface area contributed by atoms with Gasteiger partial charge in [-0.25, -0.2) is 14.8 Å². The van der Waals surface area contributed by atoms with Crippen molar-refractivity contribution in [1.82, 2.24) is 14.9 Å². The summed E-state index contributed by atoms with van der Waals surface area (Å²) < 4.78 is 0. The highest BCUT2D eigenvalue weighted by Crippen LogP contribution is 2.18. The van der Waals surface area contributed by atoms with Crippen LogP contribution in [0.4, 0.5) is 10.5 Å². The second-order valence-corrected chi connectivity index (χ2v) is 7.22. The van der Waals surface area contributed by atoms with Crippen molar-refractivity contribution >= 4 is 22.8 Å². The Morgan fingerprint density at radius 1 is 1.00 bits per heavy atom. The molecule has 5 nitrogen and oxygen atoms in total. The largest absolute Gasteiger partial charge is 0.324 e. The third kappa shape index (κ3) is 4.66. The third-order valence-electron chi connectivity index (χ3n) is 3.78. The Morgan fingerprint density at radius 3 is 2.08 bits per heavy atom. The third-order valence-corrected chi connectivity index (χ3v) is 3.78. The summed E-state index contributed by atoms with van der Waals surface area (Å²) in [5.41, 5.74) is 4.24. The molecule has 0 aliphatic heterocycles. The summed E-state index contributed by atoms with van der Waals surface area (Å²) in [7, 11) is 0. The minimum absolute atomic E-state index is 0.0615. The molecule has 2 rings (SSSR count). The van der Waals surface area contributed by atoms with Gasteiger partial charge in [0.15, 0.2) is 0 Å². The fourth-order valence-corrected chi connectivity index (χ4v) is 2.63. The van der Waals surface area contributed by atoms with E-state index in [2.05, 4.69) is 43.0 Å². The van der Waals surface area contributed by atoms with Crippen molar-refractivity contribution in [3.8, 4) is 0 Å². The van der Waals surface area contributed by atoms with E-state index in [0.29, 0.717) is 11.8 Å². The SMILES string of the molecule is Cc1nc2ccc(NC(=O)N(CC(C)C)CC(C)C)cc2nc1C. The van der Waals surface area contributed by atoms with Gasteiger partial charge in [0.2, 0.25) is 0 Å². The van der Waals surface area contributed by atoms with E-state index in [1.165, 1.54) is 0 Å². The first-order valence-corrected chi connectivity index (χ1v) is 8.57. The zero-order valence-electron chi connectivity index (χ0n) is 15.6. The Bertz CT molecular complexity index is 715. The molecule has 130 valence electrons. The van der Waals surface area contributed by atoms with Gasteiger partial charge < -0.3 is 10.2 Å². The number of nitrogens with one attached hydrogen (secondary N) is 1. The molecule has 0 fully saturated rings. The van der Waals surface area contributed by atoms with Crippen LogP contribution in [-0.2, 0) is 0 Å². The van der Waals surface area contributed by atoms with Gasteiger partial charge in [0.25, 0.3) is 0 Å². The van der Waals surface area contributed by atoms with E-state index in [-0.39, 0.29) is 6.03 Å². The molecule has 2 aromatic rings. The number of amides is 2. The molecule has 0 spiro atoms. The maximum Gasteiger partial charge on any atom is 0.321 e. The molecule has 0 radical (unpaired) electrons. The molecule has 24 heavy (non-hydrogen) atoms. The van der Waals surface area contributed by atoms with Crippen molar-refractivity contribution in [3.05, 3.63) is 29.6 Å². The van der Waals surface area contributed by atoms with Crippen molar-refractivity contribution in [1.29, 1.82) is 0 Å². The standard InChI is InChI=1S/C19H28N4O/c1-12(2)10-23(11-13(3)4)19(24)22-16-7-8-17-18(9-16)21-15(6)14(5)20-17/h7-9,12-13H,10-11H2,1-6H3,(H,22,24). The van der Waals surface area contributed by atoms with Crippen LogP contribution in [-0.4, -0.2) is 34.0 Å². The van der Waals surface area contributed by atoms with Crippen LogP contribution in [0.5, 0.6) is 0 Å². The van der Waals surface area contributed by atoms with Crippen LogP contribution < -0.4 is 5.32 Å². The van der Waals surface area contributed by atoms with Gasteiger partial charge in [-0.3, -0.25) is 0 Å². The van der Waals surface area contributed by atoms with Crippen LogP contribution in [0.2, 0.25) is 0 Å². The van der Waals surface area contributed by atoms with E-state index >= 15 is 0 Å². The van der Waals surface area contributed by atoms with Crippen molar-refractivity contribution in [3.63, 3.8) is 0 Å². The number of aromatic nitrogens is 2. The first-order valence-electron chi connectivity index (χ1n) is 8.57. The number of carbonyl (C=O) groups excluding carboxylic acids is 1. The molecule has 1 aromatic heterocycles. The monoisotopic (exact) mass is 328 g/mol. The van der Waals surface area contributed by atoms with E-state index in [0.717, 1.165) is 41.2 Å². The highest BCUT2D eigenvalue weighted by atomic mass is 16.2. The number of fused-ring (bicyclic) bond motifs is 1. The summed E-state index contributed by atoms with van der Waals surface area (Å²) in [5, 5.41) is 3.00. The van der Waals surface area contributed by atoms with Gasteiger partial charge in [-0.2, -0.15) is 0 Å². The number of benzene rings is 1. The van der Waals surface area contributed by atoms with E-state index < -0.39 is 0 Å². The number of hydrogen-bond donors (Lipinski definition) is 1. The zero-order valence-corrected chi connectivity index (χ0v) is 15.6. The first-order chi connectivity index (χ1) is 11.3. The summed E-state index contributed by atoms with van der Waals surface area (Å²) >= 11 is 0. The predicted molar refractivity (Wildman–Crippen MR) is 99.3 cm³/mol. The fourth-order valence-electron chi connectivity index (χ4n) is 2.63. The van der Waals surface area contributed by atoms with Crippen LogP contribution in [0.15, 0.2) is 18.2 Å². The summed E-state index contributed by atoms with van der Waals surface area (Å²) in [5.74, 6) is 0.866. The van der Waals surface area contributed by atoms with Gasteiger partial charge in [-0.1, -0.05) is 27.7 Å². The number of nitrogens with zero attached hydrogens (tertiary/aromatic N) is 3. The average molecular weight is 328 g/mol. The number of anilines is 1. The fraction of sp³-hybridized carbons (Fsp3) is 0.526. The number of rotatable bonds is 5. The number of urea groups is 1. The summed E-state index contributed by atoms with van der Waals surface area (Å²) in [4.78, 5) is 23.6. The molecule has 0 bridgehead atoms. The lowest BCUT2D eigenvalue weighted by Gasteiger charge is -2.26. The van der Waals surface area contributed by atoms with Crippen molar-refractivity contribution in [2.45, 2.75) is 41.5 Å². The molecule has 0 atom stereocenters. The van der Waals surface area contributed by atoms with Crippen LogP contribution in [0.1, 0.15) is 39.1 Å². The quantitative estimate of drug-likeness (QED) is 0.885. The van der Waals surface area contributed by atoms with E-state index in [1.54, 1.807) is 0 Å². The molecule has 1 N–H and O–H groups in total. The molecule has 1 aromatic carbocycles. The maximum atomic E-state index is 12.6. The number of hydrogen-bond acceptors (Lipinski definition) is 3. The van der Waals surface area contributed by atoms with Gasteiger partial charge in [0.1, 0.15) is 0 Å². The molecule has 0 aliphatic rings. The molecular weight excluding hydrogens is 300 g/mol. The predicted octanol–water partition coefficient (Wildman–Crippen LogP) is 4.39. The molecular formula is C19H28N4O. The minimum atomic E-state index is -0.0615. The Kier molecular flexibility index (Phi) is 5.75. The highest BCUT2D eigenvalue weighted by Gasteiger charge is 2.16. The van der Waals surface area contributed by atoms with E-state index in [1.807, 2.05) is 36.9 Å². The topological polar surface area (TPSA) is 58.1 Å². The minimum Gasteiger partial charge on any atom is -0.324 e. The highest BCUT2D eigenvalue weighted by molar-refractivity contribution is 5.91. The van der Waals surface area contributed by atoms with Gasteiger partial charge in [0.05, 0.1) is 22.4 Å². The van der Waals surface area contributed by atoms with Crippen LogP contribution in [0.25, 0.3) is 11.0 Å². The van der Waals surface area contributed by atoms with Gasteiger partial charge >= 0.3 is 6.03 Å². The Labute approximate surface area is 144 Å². The molecule has 5 heteroatoms. The lowest BCUT2D eigenvalue weighted by Crippen LogP contribution is -2.39. The molecule has 0 saturated carbocycles. The molecule has 0 aliphatic carbocycles. The average Bonchev–Trinajstić information content (AvgIpc) is 2.47. The second kappa shape index (κ2) is 7.60. The van der Waals surface area contributed by atoms with Crippen LogP contribution in [0.3, 0.4) is 0 Å². The number of carbonyl (C=O) groups is 1. The lowest BCUT2D eigenvalue weighted by atomic mass is 10.1. The van der Waals surface area contributed by atoms with E-state index in [4.69, 9.17) is 0 Å². The molecule has 2 amide bonds. The lowest BCUT2D eigenvalue weighted by molar-refractivity contribution is 0.196. The summed E-state index contributed by atoms with van der Waals surface area (Å²) in [6.07, 6.45) is 0. The van der Waals surface area contributed by atoms with Crippen LogP contribution in [0, 0.1) is 25.7 Å². The van der Waals surface area contributed by atoms with Crippen molar-refractivity contribution in [2.24, 2.45) is 11.8 Å². The van der Waals surface area contributed by atoms with Gasteiger partial charge in [-0.05, 0) is 43.9 Å². The smallest absolute Gasteiger partial charge is 0.321 e. The summed E-state index contributed by atoms with van der Waals surface area (Å²) in [6, 6.07) is 5.61. The van der Waals surface area contributed by atoms with Gasteiger partial charge in [-0.15, -0.1) is 0 Å². The molecule has 0 saturated heterocycles.